The number of para-hydroxylation sites is 1. The van der Waals surface area contributed by atoms with Crippen LogP contribution >= 0.6 is 22.9 Å². The molecule has 0 bridgehead atoms. The first-order chi connectivity index (χ1) is 13.9. The summed E-state index contributed by atoms with van der Waals surface area (Å²) in [6, 6.07) is 12.0. The van der Waals surface area contributed by atoms with E-state index < -0.39 is 15.9 Å². The lowest BCUT2D eigenvalue weighted by atomic mass is 10.2. The van der Waals surface area contributed by atoms with Crippen LogP contribution in [0.3, 0.4) is 0 Å². The van der Waals surface area contributed by atoms with Crippen molar-refractivity contribution in [3.05, 3.63) is 57.9 Å². The van der Waals surface area contributed by atoms with Crippen LogP contribution in [0, 0.1) is 0 Å². The highest BCUT2D eigenvalue weighted by molar-refractivity contribution is 7.89. The van der Waals surface area contributed by atoms with Crippen LogP contribution in [0.25, 0.3) is 10.2 Å². The van der Waals surface area contributed by atoms with Crippen LogP contribution in [0.5, 0.6) is 0 Å². The van der Waals surface area contributed by atoms with Gasteiger partial charge in [-0.3, -0.25) is 4.79 Å². The summed E-state index contributed by atoms with van der Waals surface area (Å²) in [4.78, 5) is 17.4. The molecule has 0 spiro atoms. The first-order valence-corrected chi connectivity index (χ1v) is 11.5. The Bertz CT molecular complexity index is 1260. The molecule has 0 aliphatic carbocycles. The molecule has 1 fully saturated rings. The molecule has 0 N–H and O–H groups in total. The molecule has 7 nitrogen and oxygen atoms in total. The molecule has 2 aromatic carbocycles. The van der Waals surface area contributed by atoms with Crippen LogP contribution < -0.4 is 4.80 Å². The molecule has 1 aliphatic rings. The SMILES string of the molecule is Cn1c(=NC(=O)c2ccc(Cl)c(S(=O)(=O)N3CCOCC3)c2)sc2ccccc21. The van der Waals surface area contributed by atoms with E-state index >= 15 is 0 Å². The zero-order valence-electron chi connectivity index (χ0n) is 15.5. The molecule has 0 radical (unpaired) electrons. The molecule has 29 heavy (non-hydrogen) atoms. The molecule has 1 amide bonds. The first kappa shape index (κ1) is 20.2. The second-order valence-corrected chi connectivity index (χ2v) is 9.81. The van der Waals surface area contributed by atoms with Crippen molar-refractivity contribution in [2.75, 3.05) is 26.3 Å². The molecule has 0 atom stereocenters. The summed E-state index contributed by atoms with van der Waals surface area (Å²) in [5, 5.41) is 0.0699. The maximum Gasteiger partial charge on any atom is 0.279 e. The Morgan fingerprint density at radius 1 is 1.17 bits per heavy atom. The number of carbonyl (C=O) groups is 1. The number of nitrogens with zero attached hydrogens (tertiary/aromatic N) is 3. The van der Waals surface area contributed by atoms with Crippen molar-refractivity contribution >= 4 is 49.1 Å². The second-order valence-electron chi connectivity index (χ2n) is 6.49. The monoisotopic (exact) mass is 451 g/mol. The number of rotatable bonds is 3. The number of benzene rings is 2. The number of halogens is 1. The number of ether oxygens (including phenoxy) is 1. The van der Waals surface area contributed by atoms with E-state index in [1.165, 1.54) is 33.8 Å². The van der Waals surface area contributed by atoms with Crippen LogP contribution in [0.4, 0.5) is 0 Å². The lowest BCUT2D eigenvalue weighted by Crippen LogP contribution is -2.40. The van der Waals surface area contributed by atoms with Gasteiger partial charge in [0.25, 0.3) is 5.91 Å². The molecule has 2 heterocycles. The number of aryl methyl sites for hydroxylation is 1. The van der Waals surface area contributed by atoms with E-state index in [1.807, 2.05) is 35.9 Å². The number of fused-ring (bicyclic) bond motifs is 1. The van der Waals surface area contributed by atoms with E-state index in [1.54, 1.807) is 0 Å². The number of amides is 1. The van der Waals surface area contributed by atoms with E-state index in [9.17, 15) is 13.2 Å². The number of hydrogen-bond acceptors (Lipinski definition) is 5. The summed E-state index contributed by atoms with van der Waals surface area (Å²) in [7, 11) is -1.99. The molecule has 1 aliphatic heterocycles. The third kappa shape index (κ3) is 3.88. The third-order valence-corrected chi connectivity index (χ3v) is 8.17. The van der Waals surface area contributed by atoms with Crippen molar-refractivity contribution in [3.8, 4) is 0 Å². The van der Waals surface area contributed by atoms with Gasteiger partial charge in [-0.15, -0.1) is 0 Å². The predicted molar refractivity (Wildman–Crippen MR) is 112 cm³/mol. The van der Waals surface area contributed by atoms with Crippen molar-refractivity contribution in [1.82, 2.24) is 8.87 Å². The van der Waals surface area contributed by atoms with Gasteiger partial charge in [0.15, 0.2) is 4.80 Å². The van der Waals surface area contributed by atoms with Gasteiger partial charge in [-0.05, 0) is 30.3 Å². The lowest BCUT2D eigenvalue weighted by Gasteiger charge is -2.26. The molecule has 0 unspecified atom stereocenters. The van der Waals surface area contributed by atoms with Gasteiger partial charge in [-0.25, -0.2) is 8.42 Å². The molecular weight excluding hydrogens is 434 g/mol. The molecule has 1 aromatic heterocycles. The smallest absolute Gasteiger partial charge is 0.279 e. The highest BCUT2D eigenvalue weighted by atomic mass is 35.5. The Kier molecular flexibility index (Phi) is 5.58. The molecule has 4 rings (SSSR count). The third-order valence-electron chi connectivity index (χ3n) is 4.68. The van der Waals surface area contributed by atoms with Crippen molar-refractivity contribution in [2.24, 2.45) is 12.0 Å². The summed E-state index contributed by atoms with van der Waals surface area (Å²) >= 11 is 7.55. The average molecular weight is 452 g/mol. The van der Waals surface area contributed by atoms with E-state index in [2.05, 4.69) is 4.99 Å². The van der Waals surface area contributed by atoms with Gasteiger partial charge >= 0.3 is 0 Å². The van der Waals surface area contributed by atoms with Gasteiger partial charge in [0.1, 0.15) is 4.90 Å². The first-order valence-electron chi connectivity index (χ1n) is 8.89. The van der Waals surface area contributed by atoms with Gasteiger partial charge in [0.2, 0.25) is 10.0 Å². The molecule has 0 saturated carbocycles. The number of sulfonamides is 1. The number of hydrogen-bond donors (Lipinski definition) is 0. The van der Waals surface area contributed by atoms with Crippen LogP contribution in [-0.4, -0.2) is 49.5 Å². The fourth-order valence-electron chi connectivity index (χ4n) is 3.10. The summed E-state index contributed by atoms with van der Waals surface area (Å²) in [6.45, 7) is 1.15. The minimum atomic E-state index is -3.83. The van der Waals surface area contributed by atoms with Crippen molar-refractivity contribution in [2.45, 2.75) is 4.90 Å². The molecule has 3 aromatic rings. The Labute approximate surface area is 176 Å². The van der Waals surface area contributed by atoms with Gasteiger partial charge < -0.3 is 9.30 Å². The lowest BCUT2D eigenvalue weighted by molar-refractivity contribution is 0.0730. The average Bonchev–Trinajstić information content (AvgIpc) is 3.04. The topological polar surface area (TPSA) is 81.0 Å². The van der Waals surface area contributed by atoms with Crippen molar-refractivity contribution in [3.63, 3.8) is 0 Å². The van der Waals surface area contributed by atoms with Crippen LogP contribution in [0.2, 0.25) is 5.02 Å². The molecule has 1 saturated heterocycles. The number of morpholine rings is 1. The molecular formula is C19H18ClN3O4S2. The summed E-state index contributed by atoms with van der Waals surface area (Å²) in [5.74, 6) is -0.526. The van der Waals surface area contributed by atoms with Crippen LogP contribution in [0.1, 0.15) is 10.4 Å². The summed E-state index contributed by atoms with van der Waals surface area (Å²) < 4.78 is 35.3. The Balaban J connectivity index is 1.73. The standard InChI is InChI=1S/C19H18ClN3O4S2/c1-22-15-4-2-3-5-16(15)28-19(22)21-18(24)13-6-7-14(20)17(12-13)29(25,26)23-8-10-27-11-9-23/h2-7,12H,8-11H2,1H3. The van der Waals surface area contributed by atoms with Gasteiger partial charge in [-0.2, -0.15) is 9.30 Å². The van der Waals surface area contributed by atoms with E-state index in [4.69, 9.17) is 16.3 Å². The second kappa shape index (κ2) is 8.00. The summed E-state index contributed by atoms with van der Waals surface area (Å²) in [5.41, 5.74) is 1.13. The predicted octanol–water partition coefficient (Wildman–Crippen LogP) is 2.66. The Hall–Kier alpha value is -2.04. The quantitative estimate of drug-likeness (QED) is 0.613. The number of aromatic nitrogens is 1. The van der Waals surface area contributed by atoms with Crippen LogP contribution in [-0.2, 0) is 21.8 Å². The highest BCUT2D eigenvalue weighted by Gasteiger charge is 2.29. The molecule has 152 valence electrons. The van der Waals surface area contributed by atoms with E-state index in [0.717, 1.165) is 10.2 Å². The van der Waals surface area contributed by atoms with E-state index in [0.29, 0.717) is 18.0 Å². The van der Waals surface area contributed by atoms with Gasteiger partial charge in [0.05, 0.1) is 28.5 Å². The maximum atomic E-state index is 13.0. The van der Waals surface area contributed by atoms with Crippen molar-refractivity contribution in [1.29, 1.82) is 0 Å². The fraction of sp³-hybridized carbons (Fsp3) is 0.263. The zero-order valence-corrected chi connectivity index (χ0v) is 17.9. The summed E-state index contributed by atoms with van der Waals surface area (Å²) in [6.07, 6.45) is 0. The van der Waals surface area contributed by atoms with Crippen molar-refractivity contribution < 1.29 is 17.9 Å². The minimum absolute atomic E-state index is 0.0699. The van der Waals surface area contributed by atoms with Gasteiger partial charge in [-0.1, -0.05) is 35.1 Å². The largest absolute Gasteiger partial charge is 0.379 e. The minimum Gasteiger partial charge on any atom is -0.379 e. The molecule has 10 heteroatoms. The Morgan fingerprint density at radius 3 is 2.62 bits per heavy atom. The number of thiazole rings is 1. The fourth-order valence-corrected chi connectivity index (χ4v) is 6.02. The van der Waals surface area contributed by atoms with Crippen LogP contribution in [0.15, 0.2) is 52.4 Å². The highest BCUT2D eigenvalue weighted by Crippen LogP contribution is 2.27. The number of carbonyl (C=O) groups excluding carboxylic acids is 1. The van der Waals surface area contributed by atoms with E-state index in [-0.39, 0.29) is 28.6 Å². The van der Waals surface area contributed by atoms with Gasteiger partial charge in [0, 0.05) is 25.7 Å². The normalized spacial score (nSPS) is 16.4. The Morgan fingerprint density at radius 2 is 1.90 bits per heavy atom. The maximum absolute atomic E-state index is 13.0. The zero-order chi connectivity index (χ0) is 20.6.